The lowest BCUT2D eigenvalue weighted by molar-refractivity contribution is 0.426. The number of hydrogen-bond donors (Lipinski definition) is 1. The summed E-state index contributed by atoms with van der Waals surface area (Å²) in [6.07, 6.45) is 4.21. The molecule has 98 valence electrons. The third kappa shape index (κ3) is 2.17. The van der Waals surface area contributed by atoms with Gasteiger partial charge in [0.05, 0.1) is 0 Å². The molecule has 2 aliphatic carbocycles. The summed E-state index contributed by atoms with van der Waals surface area (Å²) in [6.45, 7) is 3.13. The molecule has 0 bridgehead atoms. The zero-order valence-corrected chi connectivity index (χ0v) is 12.1. The first-order valence-corrected chi connectivity index (χ1v) is 7.66. The number of hydrogen-bond acceptors (Lipinski definition) is 1. The van der Waals surface area contributed by atoms with Gasteiger partial charge in [-0.15, -0.1) is 0 Å². The van der Waals surface area contributed by atoms with Crippen molar-refractivity contribution in [2.45, 2.75) is 32.2 Å². The molecule has 18 heavy (non-hydrogen) atoms. The molecule has 0 heterocycles. The minimum Gasteiger partial charge on any atom is -0.310 e. The van der Waals surface area contributed by atoms with Crippen LogP contribution in [0.25, 0.3) is 0 Å². The summed E-state index contributed by atoms with van der Waals surface area (Å²) in [5.41, 5.74) is 1.19. The van der Waals surface area contributed by atoms with E-state index >= 15 is 0 Å². The molecule has 0 aliphatic heterocycles. The van der Waals surface area contributed by atoms with Crippen molar-refractivity contribution >= 4 is 23.2 Å². The molecular weight excluding hydrogens is 265 g/mol. The van der Waals surface area contributed by atoms with E-state index in [4.69, 9.17) is 23.2 Å². The van der Waals surface area contributed by atoms with Gasteiger partial charge >= 0.3 is 0 Å². The lowest BCUT2D eigenvalue weighted by atomic mass is 9.96. The lowest BCUT2D eigenvalue weighted by Crippen LogP contribution is -2.24. The zero-order chi connectivity index (χ0) is 12.7. The summed E-state index contributed by atoms with van der Waals surface area (Å²) in [5, 5.41) is 5.24. The minimum atomic E-state index is 0.386. The van der Waals surface area contributed by atoms with E-state index in [1.165, 1.54) is 24.8 Å². The van der Waals surface area contributed by atoms with Gasteiger partial charge in [-0.05, 0) is 60.9 Å². The van der Waals surface area contributed by atoms with Crippen LogP contribution in [0.4, 0.5) is 0 Å². The Labute approximate surface area is 119 Å². The molecule has 1 nitrogen and oxygen atoms in total. The Morgan fingerprint density at radius 1 is 1.28 bits per heavy atom. The zero-order valence-electron chi connectivity index (χ0n) is 10.6. The van der Waals surface area contributed by atoms with E-state index < -0.39 is 0 Å². The van der Waals surface area contributed by atoms with Crippen LogP contribution in [0.3, 0.4) is 0 Å². The average Bonchev–Trinajstić information content (AvgIpc) is 2.82. The van der Waals surface area contributed by atoms with E-state index in [1.54, 1.807) is 0 Å². The second kappa shape index (κ2) is 5.03. The summed E-state index contributed by atoms with van der Waals surface area (Å²) in [7, 11) is 0. The molecule has 0 spiro atoms. The van der Waals surface area contributed by atoms with Gasteiger partial charge in [0.25, 0.3) is 0 Å². The van der Waals surface area contributed by atoms with Gasteiger partial charge in [-0.3, -0.25) is 0 Å². The van der Waals surface area contributed by atoms with E-state index in [-0.39, 0.29) is 0 Å². The Kier molecular flexibility index (Phi) is 3.57. The topological polar surface area (TPSA) is 12.0 Å². The first-order chi connectivity index (χ1) is 8.72. The second-order valence-corrected chi connectivity index (χ2v) is 6.38. The maximum atomic E-state index is 6.36. The largest absolute Gasteiger partial charge is 0.310 e. The van der Waals surface area contributed by atoms with Gasteiger partial charge in [-0.2, -0.15) is 0 Å². The van der Waals surface area contributed by atoms with E-state index in [2.05, 4.69) is 12.2 Å². The fourth-order valence-corrected chi connectivity index (χ4v) is 4.21. The predicted octanol–water partition coefficient (Wildman–Crippen LogP) is 4.69. The van der Waals surface area contributed by atoms with E-state index in [9.17, 15) is 0 Å². The maximum Gasteiger partial charge on any atom is 0.0454 e. The number of nitrogens with one attached hydrogen (secondary N) is 1. The van der Waals surface area contributed by atoms with Gasteiger partial charge in [0, 0.05) is 16.1 Å². The molecule has 0 radical (unpaired) electrons. The molecule has 3 unspecified atom stereocenters. The van der Waals surface area contributed by atoms with E-state index in [0.29, 0.717) is 6.04 Å². The van der Waals surface area contributed by atoms with Gasteiger partial charge in [-0.1, -0.05) is 36.5 Å². The maximum absolute atomic E-state index is 6.36. The Balaban J connectivity index is 1.87. The molecule has 2 aliphatic rings. The van der Waals surface area contributed by atoms with Crippen molar-refractivity contribution in [1.29, 1.82) is 0 Å². The van der Waals surface area contributed by atoms with Crippen LogP contribution >= 0.6 is 23.2 Å². The van der Waals surface area contributed by atoms with Crippen LogP contribution < -0.4 is 5.32 Å². The quantitative estimate of drug-likeness (QED) is 0.845. The highest BCUT2D eigenvalue weighted by atomic mass is 35.5. The number of fused-ring (bicyclic) bond motifs is 1. The normalized spacial score (nSPS) is 31.2. The number of halogens is 2. The van der Waals surface area contributed by atoms with Crippen LogP contribution in [0.5, 0.6) is 0 Å². The van der Waals surface area contributed by atoms with Crippen LogP contribution in [-0.4, -0.2) is 6.54 Å². The smallest absolute Gasteiger partial charge is 0.0454 e. The van der Waals surface area contributed by atoms with Crippen molar-refractivity contribution in [2.75, 3.05) is 6.54 Å². The highest BCUT2D eigenvalue weighted by molar-refractivity contribution is 6.33. The monoisotopic (exact) mass is 283 g/mol. The first kappa shape index (κ1) is 12.8. The van der Waals surface area contributed by atoms with Crippen LogP contribution in [-0.2, 0) is 0 Å². The molecule has 2 fully saturated rings. The fourth-order valence-electron chi connectivity index (χ4n) is 3.80. The Morgan fingerprint density at radius 3 is 2.67 bits per heavy atom. The van der Waals surface area contributed by atoms with Gasteiger partial charge in [-0.25, -0.2) is 0 Å². The fraction of sp³-hybridized carbons (Fsp3) is 0.600. The van der Waals surface area contributed by atoms with E-state index in [1.807, 2.05) is 18.2 Å². The Bertz CT molecular complexity index is 436. The van der Waals surface area contributed by atoms with Gasteiger partial charge in [0.1, 0.15) is 0 Å². The van der Waals surface area contributed by atoms with Gasteiger partial charge in [0.2, 0.25) is 0 Å². The predicted molar refractivity (Wildman–Crippen MR) is 77.2 cm³/mol. The summed E-state index contributed by atoms with van der Waals surface area (Å²) < 4.78 is 0. The molecular formula is C15H19Cl2N. The number of benzene rings is 1. The third-order valence-corrected chi connectivity index (χ3v) is 5.15. The van der Waals surface area contributed by atoms with Crippen molar-refractivity contribution in [2.24, 2.45) is 17.8 Å². The summed E-state index contributed by atoms with van der Waals surface area (Å²) in [4.78, 5) is 0. The van der Waals surface area contributed by atoms with Crippen molar-refractivity contribution < 1.29 is 0 Å². The Hall–Kier alpha value is -0.240. The van der Waals surface area contributed by atoms with Crippen LogP contribution in [0.1, 0.15) is 37.8 Å². The Morgan fingerprint density at radius 2 is 2.00 bits per heavy atom. The number of rotatable bonds is 4. The van der Waals surface area contributed by atoms with Crippen molar-refractivity contribution in [3.05, 3.63) is 33.8 Å². The SMILES string of the molecule is CCNC(c1cc(Cl)ccc1Cl)C1C2CCCC21. The highest BCUT2D eigenvalue weighted by Crippen LogP contribution is 2.62. The summed E-state index contributed by atoms with van der Waals surface area (Å²) in [5.74, 6) is 2.61. The molecule has 0 saturated heterocycles. The molecule has 1 N–H and O–H groups in total. The molecule has 1 aromatic carbocycles. The molecule has 1 aromatic rings. The second-order valence-electron chi connectivity index (χ2n) is 5.54. The molecule has 3 rings (SSSR count). The van der Waals surface area contributed by atoms with Crippen LogP contribution in [0.15, 0.2) is 18.2 Å². The third-order valence-electron chi connectivity index (χ3n) is 4.57. The molecule has 3 heteroatoms. The first-order valence-electron chi connectivity index (χ1n) is 6.90. The standard InChI is InChI=1S/C15H19Cl2N/c1-2-18-15(14-10-4-3-5-11(10)14)12-8-9(16)6-7-13(12)17/h6-8,10-11,14-15,18H,2-5H2,1H3. The molecule has 3 atom stereocenters. The lowest BCUT2D eigenvalue weighted by Gasteiger charge is -2.21. The average molecular weight is 284 g/mol. The van der Waals surface area contributed by atoms with Crippen molar-refractivity contribution in [3.8, 4) is 0 Å². The van der Waals surface area contributed by atoms with Gasteiger partial charge in [0.15, 0.2) is 0 Å². The van der Waals surface area contributed by atoms with Crippen molar-refractivity contribution in [1.82, 2.24) is 5.32 Å². The van der Waals surface area contributed by atoms with Crippen molar-refractivity contribution in [3.63, 3.8) is 0 Å². The molecule has 0 amide bonds. The van der Waals surface area contributed by atoms with Crippen LogP contribution in [0, 0.1) is 17.8 Å². The minimum absolute atomic E-state index is 0.386. The highest BCUT2D eigenvalue weighted by Gasteiger charge is 2.56. The summed E-state index contributed by atoms with van der Waals surface area (Å²) >= 11 is 12.5. The summed E-state index contributed by atoms with van der Waals surface area (Å²) in [6, 6.07) is 6.20. The molecule has 0 aromatic heterocycles. The van der Waals surface area contributed by atoms with Crippen LogP contribution in [0.2, 0.25) is 10.0 Å². The van der Waals surface area contributed by atoms with E-state index in [0.717, 1.165) is 34.3 Å². The molecule has 2 saturated carbocycles. The van der Waals surface area contributed by atoms with Gasteiger partial charge < -0.3 is 5.32 Å².